The summed E-state index contributed by atoms with van der Waals surface area (Å²) in [4.78, 5) is 4.64. The zero-order valence-electron chi connectivity index (χ0n) is 15.3. The first-order chi connectivity index (χ1) is 13.3. The first kappa shape index (κ1) is 17.0. The van der Waals surface area contributed by atoms with E-state index >= 15 is 0 Å². The molecule has 0 amide bonds. The van der Waals surface area contributed by atoms with E-state index in [9.17, 15) is 0 Å². The number of para-hydroxylation sites is 2. The number of anilines is 1. The first-order valence-electron chi connectivity index (χ1n) is 8.85. The predicted molar refractivity (Wildman–Crippen MR) is 107 cm³/mol. The Morgan fingerprint density at radius 1 is 1.11 bits per heavy atom. The van der Waals surface area contributed by atoms with Crippen LogP contribution in [0.4, 0.5) is 5.95 Å². The molecule has 0 spiro atoms. The number of aromatic nitrogens is 4. The summed E-state index contributed by atoms with van der Waals surface area (Å²) in [5.41, 5.74) is 6.46. The monoisotopic (exact) mass is 360 g/mol. The molecule has 136 valence electrons. The van der Waals surface area contributed by atoms with Crippen molar-refractivity contribution in [3.05, 3.63) is 54.1 Å². The van der Waals surface area contributed by atoms with E-state index in [2.05, 4.69) is 43.3 Å². The third-order valence-electron chi connectivity index (χ3n) is 4.33. The maximum absolute atomic E-state index is 5.32. The van der Waals surface area contributed by atoms with Crippen LogP contribution < -0.4 is 10.2 Å². The maximum atomic E-state index is 5.32. The molecular formula is C20H20N6O. The van der Waals surface area contributed by atoms with Crippen LogP contribution in [0, 0.1) is 0 Å². The van der Waals surface area contributed by atoms with Crippen LogP contribution >= 0.6 is 0 Å². The summed E-state index contributed by atoms with van der Waals surface area (Å²) in [6.45, 7) is 3.01. The molecule has 2 aromatic heterocycles. The van der Waals surface area contributed by atoms with Crippen LogP contribution in [0.15, 0.2) is 53.6 Å². The molecule has 1 N–H and O–H groups in total. The van der Waals surface area contributed by atoms with Crippen molar-refractivity contribution in [2.45, 2.75) is 19.9 Å². The fraction of sp³-hybridized carbons (Fsp3) is 0.200. The molecule has 7 nitrogen and oxygen atoms in total. The summed E-state index contributed by atoms with van der Waals surface area (Å²) in [5.74, 6) is 1.11. The van der Waals surface area contributed by atoms with Gasteiger partial charge in [0, 0.05) is 17.5 Å². The van der Waals surface area contributed by atoms with Crippen LogP contribution in [0.25, 0.3) is 22.1 Å². The van der Waals surface area contributed by atoms with Gasteiger partial charge in [-0.05, 0) is 24.6 Å². The third kappa shape index (κ3) is 3.19. The normalized spacial score (nSPS) is 11.5. The average molecular weight is 360 g/mol. The van der Waals surface area contributed by atoms with Gasteiger partial charge in [0.2, 0.25) is 0 Å². The minimum atomic E-state index is 0.355. The lowest BCUT2D eigenvalue weighted by Gasteiger charge is -2.05. The molecule has 4 aromatic rings. The largest absolute Gasteiger partial charge is 0.496 e. The van der Waals surface area contributed by atoms with Gasteiger partial charge in [0.15, 0.2) is 5.65 Å². The van der Waals surface area contributed by atoms with E-state index in [0.717, 1.165) is 46.3 Å². The van der Waals surface area contributed by atoms with E-state index in [4.69, 9.17) is 4.74 Å². The number of nitrogens with one attached hydrogen (secondary N) is 1. The van der Waals surface area contributed by atoms with Crippen molar-refractivity contribution in [2.24, 2.45) is 5.10 Å². The molecule has 0 fully saturated rings. The zero-order valence-corrected chi connectivity index (χ0v) is 15.3. The van der Waals surface area contributed by atoms with Crippen LogP contribution in [-0.4, -0.2) is 33.1 Å². The van der Waals surface area contributed by atoms with Crippen LogP contribution in [0.2, 0.25) is 0 Å². The van der Waals surface area contributed by atoms with E-state index in [1.54, 1.807) is 13.3 Å². The number of hydrazone groups is 1. The molecule has 0 radical (unpaired) electrons. The van der Waals surface area contributed by atoms with Gasteiger partial charge in [-0.3, -0.25) is 0 Å². The lowest BCUT2D eigenvalue weighted by molar-refractivity contribution is 0.414. The molecule has 4 rings (SSSR count). The van der Waals surface area contributed by atoms with Gasteiger partial charge in [0.1, 0.15) is 11.3 Å². The Bertz CT molecular complexity index is 1120. The first-order valence-corrected chi connectivity index (χ1v) is 8.85. The van der Waals surface area contributed by atoms with Crippen molar-refractivity contribution >= 4 is 34.2 Å². The third-order valence-corrected chi connectivity index (χ3v) is 4.33. The zero-order chi connectivity index (χ0) is 18.6. The van der Waals surface area contributed by atoms with Crippen molar-refractivity contribution in [1.29, 1.82) is 0 Å². The number of benzene rings is 2. The SMILES string of the molecule is CCCn1c2ccccc2c2nnc(N/N=C/c3ccccc3OC)nc21. The Morgan fingerprint density at radius 2 is 1.93 bits per heavy atom. The number of aryl methyl sites for hydroxylation is 1. The smallest absolute Gasteiger partial charge is 0.265 e. The average Bonchev–Trinajstić information content (AvgIpc) is 3.02. The summed E-state index contributed by atoms with van der Waals surface area (Å²) in [7, 11) is 1.63. The molecule has 0 unspecified atom stereocenters. The fourth-order valence-electron chi connectivity index (χ4n) is 3.13. The number of fused-ring (bicyclic) bond motifs is 3. The lowest BCUT2D eigenvalue weighted by atomic mass is 10.2. The maximum Gasteiger partial charge on any atom is 0.265 e. The molecule has 7 heteroatoms. The second-order valence-corrected chi connectivity index (χ2v) is 6.09. The molecule has 0 aliphatic heterocycles. The molecule has 0 saturated heterocycles. The van der Waals surface area contributed by atoms with E-state index < -0.39 is 0 Å². The van der Waals surface area contributed by atoms with Gasteiger partial charge in [-0.2, -0.15) is 10.1 Å². The van der Waals surface area contributed by atoms with Crippen molar-refractivity contribution in [1.82, 2.24) is 19.7 Å². The minimum Gasteiger partial charge on any atom is -0.496 e. The van der Waals surface area contributed by atoms with Crippen molar-refractivity contribution in [3.8, 4) is 5.75 Å². The molecule has 0 saturated carbocycles. The Labute approximate surface area is 156 Å². The highest BCUT2D eigenvalue weighted by atomic mass is 16.5. The van der Waals surface area contributed by atoms with Gasteiger partial charge in [-0.15, -0.1) is 10.2 Å². The summed E-state index contributed by atoms with van der Waals surface area (Å²) in [6, 6.07) is 15.8. The van der Waals surface area contributed by atoms with Gasteiger partial charge in [-0.1, -0.05) is 37.3 Å². The number of methoxy groups -OCH3 is 1. The van der Waals surface area contributed by atoms with E-state index in [-0.39, 0.29) is 0 Å². The van der Waals surface area contributed by atoms with Gasteiger partial charge in [0.05, 0.1) is 18.8 Å². The second kappa shape index (κ2) is 7.41. The summed E-state index contributed by atoms with van der Waals surface area (Å²) < 4.78 is 7.49. The number of hydrogen-bond donors (Lipinski definition) is 1. The number of nitrogens with zero attached hydrogens (tertiary/aromatic N) is 5. The Balaban J connectivity index is 1.68. The topological polar surface area (TPSA) is 77.2 Å². The Hall–Kier alpha value is -3.48. The molecule has 0 bridgehead atoms. The number of hydrogen-bond acceptors (Lipinski definition) is 6. The van der Waals surface area contributed by atoms with Gasteiger partial charge >= 0.3 is 0 Å². The summed E-state index contributed by atoms with van der Waals surface area (Å²) in [5, 5.41) is 13.8. The Kier molecular flexibility index (Phi) is 4.65. The van der Waals surface area contributed by atoms with Crippen LogP contribution in [0.5, 0.6) is 5.75 Å². The van der Waals surface area contributed by atoms with Crippen molar-refractivity contribution < 1.29 is 4.74 Å². The van der Waals surface area contributed by atoms with E-state index in [1.807, 2.05) is 42.5 Å². The molecule has 0 aliphatic rings. The van der Waals surface area contributed by atoms with E-state index in [0.29, 0.717) is 5.95 Å². The number of rotatable bonds is 6. The van der Waals surface area contributed by atoms with Gasteiger partial charge in [-0.25, -0.2) is 5.43 Å². The van der Waals surface area contributed by atoms with Gasteiger partial charge in [0.25, 0.3) is 5.95 Å². The highest BCUT2D eigenvalue weighted by molar-refractivity contribution is 6.04. The summed E-state index contributed by atoms with van der Waals surface area (Å²) >= 11 is 0. The van der Waals surface area contributed by atoms with Crippen molar-refractivity contribution in [2.75, 3.05) is 12.5 Å². The molecule has 0 atom stereocenters. The fourth-order valence-corrected chi connectivity index (χ4v) is 3.13. The lowest BCUT2D eigenvalue weighted by Crippen LogP contribution is -2.03. The quantitative estimate of drug-likeness (QED) is 0.417. The minimum absolute atomic E-state index is 0.355. The van der Waals surface area contributed by atoms with Gasteiger partial charge < -0.3 is 9.30 Å². The standard InChI is InChI=1S/C20H20N6O/c1-3-12-26-16-10-6-5-9-15(16)18-19(26)22-20(25-23-18)24-21-13-14-8-4-7-11-17(14)27-2/h4-11,13H,3,12H2,1-2H3,(H,22,24,25)/b21-13+. The van der Waals surface area contributed by atoms with Crippen molar-refractivity contribution in [3.63, 3.8) is 0 Å². The van der Waals surface area contributed by atoms with Crippen LogP contribution in [-0.2, 0) is 6.54 Å². The second-order valence-electron chi connectivity index (χ2n) is 6.09. The predicted octanol–water partition coefficient (Wildman–Crippen LogP) is 3.84. The molecule has 0 aliphatic carbocycles. The highest BCUT2D eigenvalue weighted by Gasteiger charge is 2.13. The molecule has 2 aromatic carbocycles. The van der Waals surface area contributed by atoms with E-state index in [1.165, 1.54) is 0 Å². The van der Waals surface area contributed by atoms with Crippen LogP contribution in [0.1, 0.15) is 18.9 Å². The Morgan fingerprint density at radius 3 is 2.78 bits per heavy atom. The molecular weight excluding hydrogens is 340 g/mol. The number of ether oxygens (including phenoxy) is 1. The molecule has 2 heterocycles. The summed E-state index contributed by atoms with van der Waals surface area (Å²) in [6.07, 6.45) is 2.68. The highest BCUT2D eigenvalue weighted by Crippen LogP contribution is 2.26. The van der Waals surface area contributed by atoms with Crippen LogP contribution in [0.3, 0.4) is 0 Å². The molecule has 27 heavy (non-hydrogen) atoms.